The van der Waals surface area contributed by atoms with Crippen LogP contribution in [0.3, 0.4) is 0 Å². The van der Waals surface area contributed by atoms with Crippen LogP contribution < -0.4 is 10.4 Å². The Morgan fingerprint density at radius 2 is 1.96 bits per heavy atom. The van der Waals surface area contributed by atoms with Gasteiger partial charge in [-0.3, -0.25) is 5.01 Å². The zero-order valence-electron chi connectivity index (χ0n) is 13.4. The Labute approximate surface area is 154 Å². The molecule has 0 aliphatic heterocycles. The van der Waals surface area contributed by atoms with Crippen LogP contribution in [0.1, 0.15) is 15.9 Å². The number of rotatable bonds is 6. The first-order chi connectivity index (χ1) is 12.1. The monoisotopic (exact) mass is 373 g/mol. The van der Waals surface area contributed by atoms with Gasteiger partial charge in [0.15, 0.2) is 5.13 Å². The van der Waals surface area contributed by atoms with Gasteiger partial charge < -0.3 is 5.11 Å². The molecule has 0 aliphatic rings. The SMILES string of the molecule is CN(NCc1ccccc1C(=O)O)c1nc(-c2ccccc2Cl)cs1. The van der Waals surface area contributed by atoms with Crippen LogP contribution in [0.2, 0.25) is 5.02 Å². The Morgan fingerprint density at radius 1 is 1.24 bits per heavy atom. The van der Waals surface area contributed by atoms with E-state index in [1.807, 2.05) is 42.8 Å². The molecular formula is C18H16ClN3O2S. The topological polar surface area (TPSA) is 65.5 Å². The summed E-state index contributed by atoms with van der Waals surface area (Å²) in [7, 11) is 1.85. The first-order valence-corrected chi connectivity index (χ1v) is 8.81. The lowest BCUT2D eigenvalue weighted by atomic mass is 10.1. The molecule has 2 aromatic carbocycles. The van der Waals surface area contributed by atoms with E-state index in [1.165, 1.54) is 11.3 Å². The molecule has 7 heteroatoms. The summed E-state index contributed by atoms with van der Waals surface area (Å²) in [5.41, 5.74) is 5.87. The van der Waals surface area contributed by atoms with Gasteiger partial charge >= 0.3 is 5.97 Å². The molecular weight excluding hydrogens is 358 g/mol. The molecule has 5 nitrogen and oxygen atoms in total. The highest BCUT2D eigenvalue weighted by molar-refractivity contribution is 7.14. The molecule has 3 rings (SSSR count). The molecule has 128 valence electrons. The Balaban J connectivity index is 1.72. The molecule has 0 amide bonds. The average molecular weight is 374 g/mol. The second-order valence-corrected chi connectivity index (χ2v) is 6.60. The minimum atomic E-state index is -0.935. The largest absolute Gasteiger partial charge is 0.478 e. The van der Waals surface area contributed by atoms with E-state index in [0.29, 0.717) is 22.7 Å². The third kappa shape index (κ3) is 3.99. The zero-order valence-corrected chi connectivity index (χ0v) is 15.0. The Hall–Kier alpha value is -2.41. The lowest BCUT2D eigenvalue weighted by Crippen LogP contribution is -2.34. The number of hydrogen-bond acceptors (Lipinski definition) is 5. The van der Waals surface area contributed by atoms with Crippen molar-refractivity contribution in [2.24, 2.45) is 0 Å². The predicted octanol–water partition coefficient (Wildman–Crippen LogP) is 4.30. The van der Waals surface area contributed by atoms with Crippen molar-refractivity contribution >= 4 is 34.0 Å². The molecule has 0 atom stereocenters. The first kappa shape index (κ1) is 17.4. The summed E-state index contributed by atoms with van der Waals surface area (Å²) in [6.07, 6.45) is 0. The van der Waals surface area contributed by atoms with Crippen molar-refractivity contribution in [1.29, 1.82) is 0 Å². The van der Waals surface area contributed by atoms with Crippen molar-refractivity contribution in [2.45, 2.75) is 6.54 Å². The number of thiazole rings is 1. The van der Waals surface area contributed by atoms with Crippen LogP contribution in [0.4, 0.5) is 5.13 Å². The number of carboxylic acids is 1. The van der Waals surface area contributed by atoms with Gasteiger partial charge in [0.05, 0.1) is 11.3 Å². The number of hydrogen-bond donors (Lipinski definition) is 2. The number of carboxylic acid groups (broad SMARTS) is 1. The molecule has 0 radical (unpaired) electrons. The smallest absolute Gasteiger partial charge is 0.336 e. The van der Waals surface area contributed by atoms with Gasteiger partial charge in [-0.2, -0.15) is 0 Å². The van der Waals surface area contributed by atoms with Crippen LogP contribution in [-0.4, -0.2) is 23.1 Å². The van der Waals surface area contributed by atoms with Crippen molar-refractivity contribution in [1.82, 2.24) is 10.4 Å². The molecule has 2 N–H and O–H groups in total. The summed E-state index contributed by atoms with van der Waals surface area (Å²) in [5, 5.41) is 14.4. The molecule has 25 heavy (non-hydrogen) atoms. The molecule has 1 heterocycles. The molecule has 0 saturated carbocycles. The van der Waals surface area contributed by atoms with Gasteiger partial charge in [0.1, 0.15) is 0 Å². The molecule has 0 saturated heterocycles. The summed E-state index contributed by atoms with van der Waals surface area (Å²) in [4.78, 5) is 15.9. The maximum Gasteiger partial charge on any atom is 0.336 e. The van der Waals surface area contributed by atoms with E-state index in [0.717, 1.165) is 16.4 Å². The van der Waals surface area contributed by atoms with Crippen LogP contribution in [0.5, 0.6) is 0 Å². The molecule has 0 bridgehead atoms. The van der Waals surface area contributed by atoms with Gasteiger partial charge in [0.25, 0.3) is 0 Å². The lowest BCUT2D eigenvalue weighted by molar-refractivity contribution is 0.0695. The number of anilines is 1. The first-order valence-electron chi connectivity index (χ1n) is 7.55. The maximum absolute atomic E-state index is 11.3. The van der Waals surface area contributed by atoms with Crippen molar-refractivity contribution in [2.75, 3.05) is 12.1 Å². The number of benzene rings is 2. The summed E-state index contributed by atoms with van der Waals surface area (Å²) in [6, 6.07) is 14.5. The molecule has 1 aromatic heterocycles. The highest BCUT2D eigenvalue weighted by Crippen LogP contribution is 2.31. The van der Waals surface area contributed by atoms with Crippen molar-refractivity contribution in [3.05, 3.63) is 70.1 Å². The number of nitrogens with zero attached hydrogens (tertiary/aromatic N) is 2. The standard InChI is InChI=1S/C18H16ClN3O2S/c1-22(20-10-12-6-2-3-7-13(12)17(23)24)18-21-16(11-25-18)14-8-4-5-9-15(14)19/h2-9,11,20H,10H2,1H3,(H,23,24). The summed E-state index contributed by atoms with van der Waals surface area (Å²) >= 11 is 7.70. The van der Waals surface area contributed by atoms with E-state index in [9.17, 15) is 9.90 Å². The van der Waals surface area contributed by atoms with Crippen LogP contribution in [-0.2, 0) is 6.54 Å². The van der Waals surface area contributed by atoms with E-state index in [4.69, 9.17) is 11.6 Å². The van der Waals surface area contributed by atoms with Gasteiger partial charge in [-0.25, -0.2) is 15.2 Å². The van der Waals surface area contributed by atoms with E-state index in [1.54, 1.807) is 23.2 Å². The van der Waals surface area contributed by atoms with E-state index in [2.05, 4.69) is 10.4 Å². The molecule has 0 unspecified atom stereocenters. The van der Waals surface area contributed by atoms with Gasteiger partial charge in [0.2, 0.25) is 0 Å². The summed E-state index contributed by atoms with van der Waals surface area (Å²) in [5.74, 6) is -0.935. The van der Waals surface area contributed by atoms with Crippen LogP contribution >= 0.6 is 22.9 Å². The number of nitrogens with one attached hydrogen (secondary N) is 1. The third-order valence-corrected chi connectivity index (χ3v) is 4.93. The second kappa shape index (κ2) is 7.65. The Bertz CT molecular complexity index is 897. The van der Waals surface area contributed by atoms with E-state index >= 15 is 0 Å². The lowest BCUT2D eigenvalue weighted by Gasteiger charge is -2.18. The minimum absolute atomic E-state index is 0.291. The maximum atomic E-state index is 11.3. The fourth-order valence-corrected chi connectivity index (χ4v) is 3.37. The number of aromatic nitrogens is 1. The summed E-state index contributed by atoms with van der Waals surface area (Å²) in [6.45, 7) is 0.389. The number of hydrazine groups is 1. The predicted molar refractivity (Wildman–Crippen MR) is 101 cm³/mol. The Morgan fingerprint density at radius 3 is 2.72 bits per heavy atom. The normalized spacial score (nSPS) is 10.6. The molecule has 0 aliphatic carbocycles. The second-order valence-electron chi connectivity index (χ2n) is 5.35. The van der Waals surface area contributed by atoms with Crippen LogP contribution in [0.25, 0.3) is 11.3 Å². The highest BCUT2D eigenvalue weighted by atomic mass is 35.5. The molecule has 0 spiro atoms. The van der Waals surface area contributed by atoms with Crippen molar-refractivity contribution in [3.63, 3.8) is 0 Å². The fraction of sp³-hybridized carbons (Fsp3) is 0.111. The van der Waals surface area contributed by atoms with Gasteiger partial charge in [-0.15, -0.1) is 11.3 Å². The number of halogens is 1. The average Bonchev–Trinajstić information content (AvgIpc) is 3.10. The molecule has 0 fully saturated rings. The zero-order chi connectivity index (χ0) is 17.8. The quantitative estimate of drug-likeness (QED) is 0.630. The number of aromatic carboxylic acids is 1. The van der Waals surface area contributed by atoms with Gasteiger partial charge in [0, 0.05) is 29.6 Å². The Kier molecular flexibility index (Phi) is 5.33. The fourth-order valence-electron chi connectivity index (χ4n) is 2.37. The van der Waals surface area contributed by atoms with Crippen molar-refractivity contribution in [3.8, 4) is 11.3 Å². The summed E-state index contributed by atoms with van der Waals surface area (Å²) < 4.78 is 0. The van der Waals surface area contributed by atoms with E-state index < -0.39 is 5.97 Å². The minimum Gasteiger partial charge on any atom is -0.478 e. The highest BCUT2D eigenvalue weighted by Gasteiger charge is 2.12. The molecule has 3 aromatic rings. The van der Waals surface area contributed by atoms with Crippen LogP contribution in [0, 0.1) is 0 Å². The van der Waals surface area contributed by atoms with Gasteiger partial charge in [-0.1, -0.05) is 48.0 Å². The number of carbonyl (C=O) groups is 1. The third-order valence-electron chi connectivity index (χ3n) is 3.68. The van der Waals surface area contributed by atoms with E-state index in [-0.39, 0.29) is 0 Å². The van der Waals surface area contributed by atoms with Crippen LogP contribution in [0.15, 0.2) is 53.9 Å². The van der Waals surface area contributed by atoms with Gasteiger partial charge in [-0.05, 0) is 17.7 Å². The van der Waals surface area contributed by atoms with Crippen molar-refractivity contribution < 1.29 is 9.90 Å².